The van der Waals surface area contributed by atoms with Gasteiger partial charge in [0.15, 0.2) is 0 Å². The molecule has 0 fully saturated rings. The van der Waals surface area contributed by atoms with Gasteiger partial charge in [0, 0.05) is 13.6 Å². The Morgan fingerprint density at radius 3 is 2.62 bits per heavy atom. The maximum atomic E-state index is 12.3. The molecule has 0 saturated carbocycles. The van der Waals surface area contributed by atoms with Crippen LogP contribution in [0.2, 0.25) is 0 Å². The van der Waals surface area contributed by atoms with Crippen LogP contribution in [0.25, 0.3) is 0 Å². The lowest BCUT2D eigenvalue weighted by Crippen LogP contribution is -2.32. The minimum atomic E-state index is -0.449. The molecule has 3 rings (SSSR count). The molecule has 1 aromatic heterocycles. The average molecular weight is 358 g/mol. The number of esters is 1. The highest BCUT2D eigenvalue weighted by Crippen LogP contribution is 2.32. The van der Waals surface area contributed by atoms with Gasteiger partial charge in [-0.15, -0.1) is 0 Å². The second-order valence-corrected chi connectivity index (χ2v) is 6.07. The Morgan fingerprint density at radius 2 is 1.96 bits per heavy atom. The summed E-state index contributed by atoms with van der Waals surface area (Å²) in [6, 6.07) is 7.26. The van der Waals surface area contributed by atoms with Crippen LogP contribution < -0.4 is 16.7 Å². The number of aromatic nitrogens is 3. The molecule has 2 N–H and O–H groups in total. The summed E-state index contributed by atoms with van der Waals surface area (Å²) in [5.41, 5.74) is 1.08. The molecule has 8 heteroatoms. The predicted molar refractivity (Wildman–Crippen MR) is 96.0 cm³/mol. The smallest absolute Gasteiger partial charge is 0.347 e. The van der Waals surface area contributed by atoms with Crippen molar-refractivity contribution in [2.45, 2.75) is 25.4 Å². The third-order valence-electron chi connectivity index (χ3n) is 4.43. The van der Waals surface area contributed by atoms with Crippen molar-refractivity contribution >= 4 is 5.97 Å². The average Bonchev–Trinajstić information content (AvgIpc) is 2.89. The van der Waals surface area contributed by atoms with Gasteiger partial charge in [-0.3, -0.25) is 4.79 Å². The highest BCUT2D eigenvalue weighted by Gasteiger charge is 2.25. The number of nitrogens with zero attached hydrogens (tertiary/aromatic N) is 2. The van der Waals surface area contributed by atoms with E-state index >= 15 is 0 Å². The van der Waals surface area contributed by atoms with Crippen molar-refractivity contribution in [3.8, 4) is 0 Å². The summed E-state index contributed by atoms with van der Waals surface area (Å²) in [4.78, 5) is 35.5. The van der Waals surface area contributed by atoms with Gasteiger partial charge >= 0.3 is 17.3 Å². The summed E-state index contributed by atoms with van der Waals surface area (Å²) in [5, 5.41) is 5.91. The number of fused-ring (bicyclic) bond motifs is 1. The lowest BCUT2D eigenvalue weighted by Gasteiger charge is -2.27. The largest absolute Gasteiger partial charge is 0.466 e. The Hall–Kier alpha value is -2.87. The van der Waals surface area contributed by atoms with Gasteiger partial charge in [0.1, 0.15) is 0 Å². The molecule has 0 saturated heterocycles. The van der Waals surface area contributed by atoms with E-state index in [2.05, 4.69) is 10.4 Å². The van der Waals surface area contributed by atoms with E-state index in [4.69, 9.17) is 4.74 Å². The van der Waals surface area contributed by atoms with E-state index in [0.717, 1.165) is 15.7 Å². The van der Waals surface area contributed by atoms with Crippen molar-refractivity contribution in [2.24, 2.45) is 7.05 Å². The number of hydrogen-bond donors (Lipinski definition) is 2. The van der Waals surface area contributed by atoms with E-state index in [-0.39, 0.29) is 24.5 Å². The van der Waals surface area contributed by atoms with Gasteiger partial charge in [0.05, 0.1) is 25.1 Å². The second kappa shape index (κ2) is 7.57. The molecular weight excluding hydrogens is 336 g/mol. The molecule has 0 aliphatic heterocycles. The molecule has 1 aliphatic rings. The lowest BCUT2D eigenvalue weighted by atomic mass is 9.89. The van der Waals surface area contributed by atoms with Crippen molar-refractivity contribution in [1.29, 1.82) is 0 Å². The van der Waals surface area contributed by atoms with Gasteiger partial charge in [0.25, 0.3) is 0 Å². The molecule has 1 aliphatic carbocycles. The third kappa shape index (κ3) is 3.41. The van der Waals surface area contributed by atoms with Gasteiger partial charge in [-0.2, -0.15) is 0 Å². The molecule has 138 valence electrons. The number of allylic oxidation sites excluding steroid dienone is 1. The molecule has 1 heterocycles. The Balaban J connectivity index is 1.83. The quantitative estimate of drug-likeness (QED) is 0.583. The van der Waals surface area contributed by atoms with Gasteiger partial charge < -0.3 is 10.1 Å². The lowest BCUT2D eigenvalue weighted by molar-refractivity contribution is -0.142. The zero-order chi connectivity index (χ0) is 18.7. The summed E-state index contributed by atoms with van der Waals surface area (Å²) in [7, 11) is 1.44. The van der Waals surface area contributed by atoms with Gasteiger partial charge in [-0.1, -0.05) is 36.4 Å². The fourth-order valence-electron chi connectivity index (χ4n) is 3.12. The monoisotopic (exact) mass is 358 g/mol. The second-order valence-electron chi connectivity index (χ2n) is 6.07. The first-order valence-electron chi connectivity index (χ1n) is 8.56. The fourth-order valence-corrected chi connectivity index (χ4v) is 3.12. The van der Waals surface area contributed by atoms with E-state index in [1.807, 2.05) is 36.4 Å². The van der Waals surface area contributed by atoms with Crippen LogP contribution in [0, 0.1) is 0 Å². The maximum Gasteiger partial charge on any atom is 0.347 e. The fraction of sp³-hybridized carbons (Fsp3) is 0.389. The minimum Gasteiger partial charge on any atom is -0.466 e. The first-order chi connectivity index (χ1) is 12.5. The first-order valence-corrected chi connectivity index (χ1v) is 8.56. The van der Waals surface area contributed by atoms with E-state index < -0.39 is 11.4 Å². The normalized spacial score (nSPS) is 18.5. The highest BCUT2D eigenvalue weighted by atomic mass is 16.5. The maximum absolute atomic E-state index is 12.3. The summed E-state index contributed by atoms with van der Waals surface area (Å²) < 4.78 is 7.30. The standard InChI is InChI=1S/C18H22N4O4/c1-3-26-16(23)10-11-19-14-8-9-15(13-7-5-4-6-12(13)14)22-18(25)21(2)17(24)20-22/h4-9,14-15,19H,3,10-11H2,1-2H3,(H,20,24)/t14-,15+/m0/s1. The van der Waals surface area contributed by atoms with Crippen LogP contribution in [0.4, 0.5) is 0 Å². The topological polar surface area (TPSA) is 98.1 Å². The van der Waals surface area contributed by atoms with Crippen molar-refractivity contribution < 1.29 is 9.53 Å². The molecule has 0 bridgehead atoms. The van der Waals surface area contributed by atoms with Crippen molar-refractivity contribution in [3.05, 3.63) is 68.5 Å². The summed E-state index contributed by atoms with van der Waals surface area (Å²) in [5.74, 6) is -0.237. The molecule has 2 atom stereocenters. The zero-order valence-electron chi connectivity index (χ0n) is 14.8. The van der Waals surface area contributed by atoms with Crippen molar-refractivity contribution in [2.75, 3.05) is 13.2 Å². The van der Waals surface area contributed by atoms with Crippen LogP contribution in [0.5, 0.6) is 0 Å². The molecular formula is C18H22N4O4. The van der Waals surface area contributed by atoms with Crippen molar-refractivity contribution in [3.63, 3.8) is 0 Å². The molecule has 0 amide bonds. The predicted octanol–water partition coefficient (Wildman–Crippen LogP) is 0.618. The Morgan fingerprint density at radius 1 is 1.23 bits per heavy atom. The molecule has 0 spiro atoms. The number of aromatic amines is 1. The highest BCUT2D eigenvalue weighted by molar-refractivity contribution is 5.69. The Labute approximate surface area is 150 Å². The summed E-state index contributed by atoms with van der Waals surface area (Å²) in [6.45, 7) is 2.63. The van der Waals surface area contributed by atoms with Gasteiger partial charge in [-0.05, 0) is 18.1 Å². The Bertz CT molecular complexity index is 937. The van der Waals surface area contributed by atoms with Crippen LogP contribution in [0.15, 0.2) is 46.0 Å². The van der Waals surface area contributed by atoms with Gasteiger partial charge in [-0.25, -0.2) is 23.9 Å². The van der Waals surface area contributed by atoms with Crippen LogP contribution in [-0.4, -0.2) is 33.5 Å². The molecule has 2 aromatic rings. The van der Waals surface area contributed by atoms with Crippen LogP contribution in [-0.2, 0) is 16.6 Å². The summed E-state index contributed by atoms with van der Waals surface area (Å²) in [6.07, 6.45) is 4.10. The van der Waals surface area contributed by atoms with Gasteiger partial charge in [0.2, 0.25) is 0 Å². The molecule has 26 heavy (non-hydrogen) atoms. The number of nitrogens with one attached hydrogen (secondary N) is 2. The van der Waals surface area contributed by atoms with Crippen LogP contribution >= 0.6 is 0 Å². The number of carbonyl (C=O) groups is 1. The molecule has 1 aromatic carbocycles. The number of H-pyrrole nitrogens is 1. The number of hydrogen-bond acceptors (Lipinski definition) is 5. The zero-order valence-corrected chi connectivity index (χ0v) is 14.8. The Kier molecular flexibility index (Phi) is 5.22. The van der Waals surface area contributed by atoms with Crippen molar-refractivity contribution in [1.82, 2.24) is 19.7 Å². The van der Waals surface area contributed by atoms with E-state index in [1.54, 1.807) is 6.92 Å². The van der Waals surface area contributed by atoms with Crippen LogP contribution in [0.3, 0.4) is 0 Å². The van der Waals surface area contributed by atoms with E-state index in [1.165, 1.54) is 11.7 Å². The molecule has 0 unspecified atom stereocenters. The SMILES string of the molecule is CCOC(=O)CCN[C@H]1C=C[C@@H](n2[nH]c(=O)n(C)c2=O)c2ccccc21. The molecule has 0 radical (unpaired) electrons. The third-order valence-corrected chi connectivity index (χ3v) is 4.43. The van der Waals surface area contributed by atoms with E-state index in [9.17, 15) is 14.4 Å². The minimum absolute atomic E-state index is 0.0805. The van der Waals surface area contributed by atoms with Crippen LogP contribution in [0.1, 0.15) is 36.6 Å². The number of carbonyl (C=O) groups excluding carboxylic acids is 1. The number of benzene rings is 1. The number of ether oxygens (including phenoxy) is 1. The summed E-state index contributed by atoms with van der Waals surface area (Å²) >= 11 is 0. The van der Waals surface area contributed by atoms with E-state index in [0.29, 0.717) is 13.2 Å². The molecule has 8 nitrogen and oxygen atoms in total. The number of rotatable bonds is 6. The first kappa shape index (κ1) is 17.9.